The van der Waals surface area contributed by atoms with Gasteiger partial charge in [-0.3, -0.25) is 19.6 Å². The first-order valence-corrected chi connectivity index (χ1v) is 8.73. The number of nitro groups is 1. The summed E-state index contributed by atoms with van der Waals surface area (Å²) in [5.74, 6) is -0.152. The molecule has 2 N–H and O–H groups in total. The molecule has 146 valence electrons. The van der Waals surface area contributed by atoms with Gasteiger partial charge in [-0.2, -0.15) is 5.10 Å². The van der Waals surface area contributed by atoms with Gasteiger partial charge in [0.05, 0.1) is 23.1 Å². The molecule has 1 amide bonds. The second-order valence-electron chi connectivity index (χ2n) is 6.64. The Balaban J connectivity index is 0.00000261. The van der Waals surface area contributed by atoms with Crippen LogP contribution in [0.5, 0.6) is 0 Å². The molecular weight excluding hydrogens is 370 g/mol. The molecule has 1 aliphatic rings. The van der Waals surface area contributed by atoms with Crippen LogP contribution < -0.4 is 10.6 Å². The number of non-ortho nitro benzene ring substituents is 1. The van der Waals surface area contributed by atoms with Gasteiger partial charge in [-0.15, -0.1) is 12.4 Å². The monoisotopic (exact) mass is 393 g/mol. The number of carbonyl (C=O) groups excluding carboxylic acids is 1. The smallest absolute Gasteiger partial charge is 0.269 e. The predicted octanol–water partition coefficient (Wildman–Crippen LogP) is 2.32. The molecule has 9 heteroatoms. The molecule has 1 saturated heterocycles. The molecule has 3 atom stereocenters. The average Bonchev–Trinajstić information content (AvgIpc) is 3.28. The van der Waals surface area contributed by atoms with E-state index in [9.17, 15) is 14.9 Å². The summed E-state index contributed by atoms with van der Waals surface area (Å²) in [7, 11) is 1.86. The van der Waals surface area contributed by atoms with E-state index in [2.05, 4.69) is 15.7 Å². The summed E-state index contributed by atoms with van der Waals surface area (Å²) >= 11 is 0. The fourth-order valence-corrected chi connectivity index (χ4v) is 3.49. The highest BCUT2D eigenvalue weighted by atomic mass is 35.5. The Morgan fingerprint density at radius 3 is 2.89 bits per heavy atom. The van der Waals surface area contributed by atoms with Gasteiger partial charge in [-0.25, -0.2) is 0 Å². The number of nitrogens with zero attached hydrogens (tertiary/aromatic N) is 3. The summed E-state index contributed by atoms with van der Waals surface area (Å²) in [5.41, 5.74) is 1.82. The molecule has 0 saturated carbocycles. The summed E-state index contributed by atoms with van der Waals surface area (Å²) in [6.45, 7) is 3.30. The molecule has 8 nitrogen and oxygen atoms in total. The molecule has 27 heavy (non-hydrogen) atoms. The van der Waals surface area contributed by atoms with E-state index >= 15 is 0 Å². The molecule has 0 radical (unpaired) electrons. The third kappa shape index (κ3) is 4.64. The van der Waals surface area contributed by atoms with Crippen LogP contribution >= 0.6 is 12.4 Å². The van der Waals surface area contributed by atoms with Crippen LogP contribution in [0.25, 0.3) is 0 Å². The molecule has 3 rings (SSSR count). The van der Waals surface area contributed by atoms with E-state index in [0.29, 0.717) is 13.0 Å². The maximum atomic E-state index is 12.9. The molecule has 0 spiro atoms. The average molecular weight is 394 g/mol. The van der Waals surface area contributed by atoms with Crippen LogP contribution in [0.1, 0.15) is 36.4 Å². The first kappa shape index (κ1) is 20.9. The van der Waals surface area contributed by atoms with Crippen molar-refractivity contribution < 1.29 is 9.72 Å². The van der Waals surface area contributed by atoms with Gasteiger partial charge in [0.15, 0.2) is 0 Å². The van der Waals surface area contributed by atoms with Crippen molar-refractivity contribution in [3.8, 4) is 0 Å². The van der Waals surface area contributed by atoms with E-state index in [0.717, 1.165) is 17.7 Å². The van der Waals surface area contributed by atoms with Gasteiger partial charge in [-0.1, -0.05) is 19.1 Å². The lowest BCUT2D eigenvalue weighted by Gasteiger charge is -2.22. The standard InChI is InChI=1S/C18H23N5O3.ClH/c1-3-17(12-5-4-6-14(7-12)23(25)26)21-18(24)16-10-19-9-15(16)13-8-20-22(2)11-13;/h4-8,11,15-17,19H,3,9-10H2,1-2H3,(H,21,24);1H/t15-,16+,17?;/m1./s1. The Morgan fingerprint density at radius 2 is 2.26 bits per heavy atom. The van der Waals surface area contributed by atoms with Crippen molar-refractivity contribution in [3.05, 3.63) is 57.9 Å². The lowest BCUT2D eigenvalue weighted by atomic mass is 9.89. The first-order chi connectivity index (χ1) is 12.5. The number of rotatable bonds is 6. The second-order valence-corrected chi connectivity index (χ2v) is 6.64. The van der Waals surface area contributed by atoms with Crippen LogP contribution in [-0.4, -0.2) is 33.7 Å². The zero-order chi connectivity index (χ0) is 18.7. The van der Waals surface area contributed by atoms with E-state index in [1.165, 1.54) is 12.1 Å². The molecule has 0 bridgehead atoms. The third-order valence-corrected chi connectivity index (χ3v) is 4.91. The number of carbonyl (C=O) groups is 1. The van der Waals surface area contributed by atoms with Gasteiger partial charge in [0, 0.05) is 44.4 Å². The molecule has 1 unspecified atom stereocenters. The number of hydrogen-bond acceptors (Lipinski definition) is 5. The Hall–Kier alpha value is -2.45. The van der Waals surface area contributed by atoms with E-state index in [1.807, 2.05) is 26.2 Å². The van der Waals surface area contributed by atoms with Gasteiger partial charge >= 0.3 is 0 Å². The van der Waals surface area contributed by atoms with E-state index < -0.39 is 4.92 Å². The number of aryl methyl sites for hydroxylation is 1. The van der Waals surface area contributed by atoms with Crippen molar-refractivity contribution in [2.24, 2.45) is 13.0 Å². The van der Waals surface area contributed by atoms with Crippen molar-refractivity contribution in [2.75, 3.05) is 13.1 Å². The topological polar surface area (TPSA) is 102 Å². The molecule has 1 aromatic heterocycles. The lowest BCUT2D eigenvalue weighted by Crippen LogP contribution is -2.36. The van der Waals surface area contributed by atoms with Gasteiger partial charge in [-0.05, 0) is 17.5 Å². The maximum Gasteiger partial charge on any atom is 0.269 e. The van der Waals surface area contributed by atoms with E-state index in [4.69, 9.17) is 0 Å². The molecule has 1 aromatic carbocycles. The quantitative estimate of drug-likeness (QED) is 0.579. The number of halogens is 1. The summed E-state index contributed by atoms with van der Waals surface area (Å²) < 4.78 is 1.74. The molecule has 1 aliphatic heterocycles. The zero-order valence-electron chi connectivity index (χ0n) is 15.3. The van der Waals surface area contributed by atoms with Crippen molar-refractivity contribution in [1.29, 1.82) is 0 Å². The van der Waals surface area contributed by atoms with Crippen LogP contribution in [0.4, 0.5) is 5.69 Å². The van der Waals surface area contributed by atoms with E-state index in [1.54, 1.807) is 16.9 Å². The highest BCUT2D eigenvalue weighted by Crippen LogP contribution is 2.29. The van der Waals surface area contributed by atoms with Crippen LogP contribution in [0.2, 0.25) is 0 Å². The van der Waals surface area contributed by atoms with Crippen LogP contribution in [0, 0.1) is 16.0 Å². The Bertz CT molecular complexity index is 810. The van der Waals surface area contributed by atoms with Crippen molar-refractivity contribution in [3.63, 3.8) is 0 Å². The molecule has 1 fully saturated rings. The largest absolute Gasteiger partial charge is 0.349 e. The number of amides is 1. The van der Waals surface area contributed by atoms with Gasteiger partial charge < -0.3 is 10.6 Å². The molecule has 2 aromatic rings. The van der Waals surface area contributed by atoms with Crippen LogP contribution in [-0.2, 0) is 11.8 Å². The van der Waals surface area contributed by atoms with Crippen LogP contribution in [0.3, 0.4) is 0 Å². The highest BCUT2D eigenvalue weighted by Gasteiger charge is 2.35. The SMILES string of the molecule is CCC(NC(=O)[C@H]1CNC[C@@H]1c1cnn(C)c1)c1cccc([N+](=O)[O-])c1.Cl. The van der Waals surface area contributed by atoms with Gasteiger partial charge in [0.2, 0.25) is 5.91 Å². The number of nitro benzene ring substituents is 1. The zero-order valence-corrected chi connectivity index (χ0v) is 16.1. The Morgan fingerprint density at radius 1 is 1.48 bits per heavy atom. The van der Waals surface area contributed by atoms with Gasteiger partial charge in [0.25, 0.3) is 5.69 Å². The number of nitrogens with one attached hydrogen (secondary N) is 2. The van der Waals surface area contributed by atoms with Crippen molar-refractivity contribution in [2.45, 2.75) is 25.3 Å². The third-order valence-electron chi connectivity index (χ3n) is 4.91. The van der Waals surface area contributed by atoms with Crippen molar-refractivity contribution >= 4 is 24.0 Å². The maximum absolute atomic E-state index is 12.9. The lowest BCUT2D eigenvalue weighted by molar-refractivity contribution is -0.384. The number of aromatic nitrogens is 2. The van der Waals surface area contributed by atoms with Gasteiger partial charge in [0.1, 0.15) is 0 Å². The number of benzene rings is 1. The minimum absolute atomic E-state index is 0. The first-order valence-electron chi connectivity index (χ1n) is 8.73. The fraction of sp³-hybridized carbons (Fsp3) is 0.444. The molecule has 0 aliphatic carbocycles. The Kier molecular flexibility index (Phi) is 6.92. The Labute approximate surface area is 163 Å². The second kappa shape index (κ2) is 8.96. The predicted molar refractivity (Wildman–Crippen MR) is 104 cm³/mol. The summed E-state index contributed by atoms with van der Waals surface area (Å²) in [6.07, 6.45) is 4.40. The normalized spacial score (nSPS) is 19.9. The minimum Gasteiger partial charge on any atom is -0.349 e. The molecule has 2 heterocycles. The fourth-order valence-electron chi connectivity index (χ4n) is 3.49. The summed E-state index contributed by atoms with van der Waals surface area (Å²) in [4.78, 5) is 23.5. The van der Waals surface area contributed by atoms with Crippen molar-refractivity contribution in [1.82, 2.24) is 20.4 Å². The van der Waals surface area contributed by atoms with Crippen LogP contribution in [0.15, 0.2) is 36.7 Å². The van der Waals surface area contributed by atoms with E-state index in [-0.39, 0.29) is 41.9 Å². The number of hydrogen-bond donors (Lipinski definition) is 2. The molecular formula is C18H24ClN5O3. The highest BCUT2D eigenvalue weighted by molar-refractivity contribution is 5.85. The summed E-state index contributed by atoms with van der Waals surface area (Å²) in [5, 5.41) is 21.5. The summed E-state index contributed by atoms with van der Waals surface area (Å²) in [6, 6.07) is 6.19. The minimum atomic E-state index is -0.419.